The highest BCUT2D eigenvalue weighted by Gasteiger charge is 2.15. The predicted molar refractivity (Wildman–Crippen MR) is 96.6 cm³/mol. The lowest BCUT2D eigenvalue weighted by molar-refractivity contribution is 0.616. The summed E-state index contributed by atoms with van der Waals surface area (Å²) in [5, 5.41) is 1.12. The summed E-state index contributed by atoms with van der Waals surface area (Å²) in [5.41, 5.74) is 5.75. The minimum atomic E-state index is 0.590. The second-order valence-electron chi connectivity index (χ2n) is 5.68. The number of oxazole rings is 1. The molecule has 0 aliphatic heterocycles. The van der Waals surface area contributed by atoms with Crippen LogP contribution >= 0.6 is 15.9 Å². The zero-order valence-electron chi connectivity index (χ0n) is 12.9. The van der Waals surface area contributed by atoms with Gasteiger partial charge in [-0.15, -0.1) is 0 Å². The first-order valence-corrected chi connectivity index (χ1v) is 8.40. The summed E-state index contributed by atoms with van der Waals surface area (Å²) in [6, 6.07) is 14.3. The standard InChI is InChI=1S/C19H15BrN2O/c1-3-12-9-13-10-14(20)5-6-15(13)21-18(12)19-22-16-8-11(2)4-7-17(16)23-19/h4-10H,3H2,1-2H3. The zero-order chi connectivity index (χ0) is 16.0. The molecule has 0 atom stereocenters. The van der Waals surface area contributed by atoms with Crippen LogP contribution in [0.3, 0.4) is 0 Å². The maximum atomic E-state index is 5.94. The highest BCUT2D eigenvalue weighted by molar-refractivity contribution is 9.10. The first kappa shape index (κ1) is 14.4. The minimum absolute atomic E-state index is 0.590. The van der Waals surface area contributed by atoms with Gasteiger partial charge >= 0.3 is 0 Å². The van der Waals surface area contributed by atoms with Gasteiger partial charge in [-0.2, -0.15) is 0 Å². The fourth-order valence-electron chi connectivity index (χ4n) is 2.78. The van der Waals surface area contributed by atoms with Crippen molar-refractivity contribution in [3.05, 3.63) is 58.1 Å². The molecule has 0 saturated heterocycles. The van der Waals surface area contributed by atoms with E-state index < -0.39 is 0 Å². The van der Waals surface area contributed by atoms with Crippen LogP contribution in [0.4, 0.5) is 0 Å². The quantitative estimate of drug-likeness (QED) is 0.458. The summed E-state index contributed by atoms with van der Waals surface area (Å²) in [4.78, 5) is 9.44. The van der Waals surface area contributed by atoms with Gasteiger partial charge in [0.2, 0.25) is 5.89 Å². The molecule has 0 spiro atoms. The van der Waals surface area contributed by atoms with Crippen LogP contribution in [-0.4, -0.2) is 9.97 Å². The number of nitrogens with zero attached hydrogens (tertiary/aromatic N) is 2. The fraction of sp³-hybridized carbons (Fsp3) is 0.158. The molecule has 4 aromatic rings. The summed E-state index contributed by atoms with van der Waals surface area (Å²) < 4.78 is 7.00. The first-order valence-electron chi connectivity index (χ1n) is 7.61. The molecule has 23 heavy (non-hydrogen) atoms. The lowest BCUT2D eigenvalue weighted by atomic mass is 10.1. The molecule has 0 aliphatic carbocycles. The lowest BCUT2D eigenvalue weighted by Gasteiger charge is -2.06. The number of fused-ring (bicyclic) bond motifs is 2. The molecule has 2 heterocycles. The third-order valence-electron chi connectivity index (χ3n) is 3.98. The number of benzene rings is 2. The van der Waals surface area contributed by atoms with Gasteiger partial charge in [0.1, 0.15) is 11.2 Å². The molecule has 0 unspecified atom stereocenters. The Bertz CT molecular complexity index is 1040. The fourth-order valence-corrected chi connectivity index (χ4v) is 3.16. The number of pyridine rings is 1. The van der Waals surface area contributed by atoms with Crippen LogP contribution in [0.25, 0.3) is 33.6 Å². The number of rotatable bonds is 2. The van der Waals surface area contributed by atoms with Gasteiger partial charge in [-0.1, -0.05) is 28.9 Å². The van der Waals surface area contributed by atoms with E-state index in [0.29, 0.717) is 5.89 Å². The van der Waals surface area contributed by atoms with Crippen LogP contribution in [0, 0.1) is 6.92 Å². The molecule has 0 radical (unpaired) electrons. The Hall–Kier alpha value is -2.20. The molecular formula is C19H15BrN2O. The van der Waals surface area contributed by atoms with Crippen molar-refractivity contribution < 1.29 is 4.42 Å². The van der Waals surface area contributed by atoms with Crippen LogP contribution in [0.2, 0.25) is 0 Å². The summed E-state index contributed by atoms with van der Waals surface area (Å²) in [6.07, 6.45) is 0.878. The molecule has 2 aromatic carbocycles. The van der Waals surface area contributed by atoms with Crippen molar-refractivity contribution in [1.82, 2.24) is 9.97 Å². The smallest absolute Gasteiger partial charge is 0.246 e. The van der Waals surface area contributed by atoms with Gasteiger partial charge in [0.25, 0.3) is 0 Å². The van der Waals surface area contributed by atoms with Crippen LogP contribution in [0.5, 0.6) is 0 Å². The number of aryl methyl sites for hydroxylation is 2. The number of aromatic nitrogens is 2. The Balaban J connectivity index is 1.96. The molecule has 114 valence electrons. The van der Waals surface area contributed by atoms with Gasteiger partial charge in [-0.05, 0) is 60.9 Å². The molecule has 0 amide bonds. The summed E-state index contributed by atoms with van der Waals surface area (Å²) in [7, 11) is 0. The van der Waals surface area contributed by atoms with E-state index in [1.54, 1.807) is 0 Å². The average molecular weight is 367 g/mol. The average Bonchev–Trinajstić information content (AvgIpc) is 2.96. The molecule has 0 fully saturated rings. The molecular weight excluding hydrogens is 352 g/mol. The second-order valence-corrected chi connectivity index (χ2v) is 6.59. The normalized spacial score (nSPS) is 11.4. The Morgan fingerprint density at radius 3 is 2.70 bits per heavy atom. The van der Waals surface area contributed by atoms with Crippen molar-refractivity contribution in [2.45, 2.75) is 20.3 Å². The SMILES string of the molecule is CCc1cc2cc(Br)ccc2nc1-c1nc2cc(C)ccc2o1. The third-order valence-corrected chi connectivity index (χ3v) is 4.48. The summed E-state index contributed by atoms with van der Waals surface area (Å²) in [6.45, 7) is 4.18. The summed E-state index contributed by atoms with van der Waals surface area (Å²) in [5.74, 6) is 0.590. The zero-order valence-corrected chi connectivity index (χ0v) is 14.5. The van der Waals surface area contributed by atoms with E-state index in [1.807, 2.05) is 30.3 Å². The molecule has 4 heteroatoms. The monoisotopic (exact) mass is 366 g/mol. The number of hydrogen-bond donors (Lipinski definition) is 0. The van der Waals surface area contributed by atoms with Gasteiger partial charge in [0.15, 0.2) is 5.58 Å². The Labute approximate surface area is 142 Å². The Kier molecular flexibility index (Phi) is 3.42. The second kappa shape index (κ2) is 5.46. The number of halogens is 1. The molecule has 3 nitrogen and oxygen atoms in total. The molecule has 2 aromatic heterocycles. The lowest BCUT2D eigenvalue weighted by Crippen LogP contribution is -1.93. The highest BCUT2D eigenvalue weighted by atomic mass is 79.9. The summed E-state index contributed by atoms with van der Waals surface area (Å²) >= 11 is 3.51. The van der Waals surface area contributed by atoms with E-state index in [1.165, 1.54) is 5.56 Å². The van der Waals surface area contributed by atoms with Crippen LogP contribution in [0.15, 0.2) is 51.4 Å². The van der Waals surface area contributed by atoms with E-state index in [4.69, 9.17) is 9.40 Å². The van der Waals surface area contributed by atoms with E-state index >= 15 is 0 Å². The van der Waals surface area contributed by atoms with E-state index in [9.17, 15) is 0 Å². The van der Waals surface area contributed by atoms with E-state index in [-0.39, 0.29) is 0 Å². The first-order chi connectivity index (χ1) is 11.1. The van der Waals surface area contributed by atoms with Crippen molar-refractivity contribution in [3.8, 4) is 11.6 Å². The Morgan fingerprint density at radius 2 is 1.87 bits per heavy atom. The van der Waals surface area contributed by atoms with Crippen molar-refractivity contribution in [2.24, 2.45) is 0 Å². The minimum Gasteiger partial charge on any atom is -0.435 e. The molecule has 0 N–H and O–H groups in total. The molecule has 4 rings (SSSR count). The highest BCUT2D eigenvalue weighted by Crippen LogP contribution is 2.29. The van der Waals surface area contributed by atoms with Crippen LogP contribution in [-0.2, 0) is 6.42 Å². The Morgan fingerprint density at radius 1 is 1.00 bits per heavy atom. The van der Waals surface area contributed by atoms with E-state index in [2.05, 4.69) is 46.9 Å². The van der Waals surface area contributed by atoms with Crippen molar-refractivity contribution >= 4 is 37.9 Å². The third kappa shape index (κ3) is 2.53. The van der Waals surface area contributed by atoms with Crippen LogP contribution in [0.1, 0.15) is 18.1 Å². The van der Waals surface area contributed by atoms with Gasteiger partial charge in [-0.25, -0.2) is 9.97 Å². The predicted octanol–water partition coefficient (Wildman–Crippen LogP) is 5.68. The van der Waals surface area contributed by atoms with Gasteiger partial charge in [-0.3, -0.25) is 0 Å². The van der Waals surface area contributed by atoms with Gasteiger partial charge < -0.3 is 4.42 Å². The van der Waals surface area contributed by atoms with Crippen molar-refractivity contribution in [3.63, 3.8) is 0 Å². The molecule has 0 saturated carbocycles. The molecule has 0 bridgehead atoms. The van der Waals surface area contributed by atoms with Crippen LogP contribution < -0.4 is 0 Å². The topological polar surface area (TPSA) is 38.9 Å². The van der Waals surface area contributed by atoms with Gasteiger partial charge in [0, 0.05) is 9.86 Å². The number of hydrogen-bond acceptors (Lipinski definition) is 3. The molecule has 0 aliphatic rings. The maximum absolute atomic E-state index is 5.94. The van der Waals surface area contributed by atoms with Crippen molar-refractivity contribution in [2.75, 3.05) is 0 Å². The largest absolute Gasteiger partial charge is 0.435 e. The van der Waals surface area contributed by atoms with Crippen molar-refractivity contribution in [1.29, 1.82) is 0 Å². The van der Waals surface area contributed by atoms with Gasteiger partial charge in [0.05, 0.1) is 5.52 Å². The van der Waals surface area contributed by atoms with E-state index in [0.717, 1.165) is 44.2 Å². The maximum Gasteiger partial charge on any atom is 0.246 e.